The first-order valence-electron chi connectivity index (χ1n) is 8.46. The summed E-state index contributed by atoms with van der Waals surface area (Å²) in [5.41, 5.74) is 1.60. The van der Waals surface area contributed by atoms with Crippen LogP contribution < -0.4 is 0 Å². The van der Waals surface area contributed by atoms with E-state index in [1.165, 1.54) is 45.2 Å². The molecule has 0 aromatic rings. The molecule has 110 valence electrons. The first-order chi connectivity index (χ1) is 9.74. The summed E-state index contributed by atoms with van der Waals surface area (Å²) in [4.78, 5) is 16.9. The second kappa shape index (κ2) is 4.87. The first-order valence-corrected chi connectivity index (χ1v) is 8.46. The molecule has 3 heteroatoms. The molecule has 4 rings (SSSR count). The summed E-state index contributed by atoms with van der Waals surface area (Å²) in [5, 5.41) is 0. The van der Waals surface area contributed by atoms with Crippen LogP contribution in [0.15, 0.2) is 11.6 Å². The molecule has 3 heterocycles. The number of carbonyl (C=O) groups is 1. The molecule has 3 saturated heterocycles. The van der Waals surface area contributed by atoms with Gasteiger partial charge in [-0.25, -0.2) is 0 Å². The van der Waals surface area contributed by atoms with Gasteiger partial charge in [0.25, 0.3) is 0 Å². The number of rotatable bonds is 0. The maximum absolute atomic E-state index is 12.0. The Morgan fingerprint density at radius 3 is 3.00 bits per heavy atom. The highest BCUT2D eigenvalue weighted by Gasteiger charge is 2.46. The largest absolute Gasteiger partial charge is 0.336 e. The summed E-state index contributed by atoms with van der Waals surface area (Å²) in [5.74, 6) is 1.74. The molecule has 0 aromatic heterocycles. The predicted octanol–water partition coefficient (Wildman–Crippen LogP) is 2.43. The molecular weight excluding hydrogens is 248 g/mol. The first kappa shape index (κ1) is 12.9. The minimum atomic E-state index is 0.278. The molecule has 3 aliphatic heterocycles. The van der Waals surface area contributed by atoms with E-state index in [1.807, 2.05) is 0 Å². The van der Waals surface area contributed by atoms with E-state index < -0.39 is 0 Å². The number of likely N-dealkylation sites (tertiary alicyclic amines) is 1. The fourth-order valence-corrected chi connectivity index (χ4v) is 5.33. The van der Waals surface area contributed by atoms with Gasteiger partial charge in [0.15, 0.2) is 0 Å². The maximum Gasteiger partial charge on any atom is 0.219 e. The van der Waals surface area contributed by atoms with Gasteiger partial charge in [-0.2, -0.15) is 0 Å². The van der Waals surface area contributed by atoms with E-state index in [9.17, 15) is 4.79 Å². The van der Waals surface area contributed by atoms with Crippen LogP contribution in [0.3, 0.4) is 0 Å². The van der Waals surface area contributed by atoms with Crippen molar-refractivity contribution in [3.63, 3.8) is 0 Å². The summed E-state index contributed by atoms with van der Waals surface area (Å²) in [7, 11) is 0. The molecule has 1 aliphatic carbocycles. The molecule has 1 amide bonds. The van der Waals surface area contributed by atoms with Gasteiger partial charge >= 0.3 is 0 Å². The lowest BCUT2D eigenvalue weighted by molar-refractivity contribution is -0.133. The van der Waals surface area contributed by atoms with Crippen LogP contribution in [-0.2, 0) is 4.79 Å². The van der Waals surface area contributed by atoms with Crippen LogP contribution in [0.4, 0.5) is 0 Å². The van der Waals surface area contributed by atoms with Crippen LogP contribution in [0.2, 0.25) is 0 Å². The standard InChI is InChI=1S/C17H26N2O/c1-12(20)19-8-4-5-13-9-14-10-15(17(13)19)11-18-7-3-2-6-16(14)18/h9,14-17H,2-8,10-11H2,1H3. The average Bonchev–Trinajstić information content (AvgIpc) is 2.46. The molecule has 20 heavy (non-hydrogen) atoms. The fraction of sp³-hybridized carbons (Fsp3) is 0.824. The summed E-state index contributed by atoms with van der Waals surface area (Å²) < 4.78 is 0. The molecule has 0 spiro atoms. The van der Waals surface area contributed by atoms with Crippen LogP contribution in [0, 0.1) is 11.8 Å². The van der Waals surface area contributed by atoms with Crippen molar-refractivity contribution in [1.82, 2.24) is 9.80 Å². The average molecular weight is 274 g/mol. The van der Waals surface area contributed by atoms with Gasteiger partial charge in [-0.1, -0.05) is 18.1 Å². The lowest BCUT2D eigenvalue weighted by Crippen LogP contribution is -2.59. The van der Waals surface area contributed by atoms with Gasteiger partial charge in [-0.3, -0.25) is 9.69 Å². The highest BCUT2D eigenvalue weighted by atomic mass is 16.2. The number of fused-ring (bicyclic) bond motifs is 6. The summed E-state index contributed by atoms with van der Waals surface area (Å²) in [6.45, 7) is 5.24. The van der Waals surface area contributed by atoms with Crippen molar-refractivity contribution >= 4 is 5.91 Å². The van der Waals surface area contributed by atoms with E-state index >= 15 is 0 Å². The Hall–Kier alpha value is -0.830. The van der Waals surface area contributed by atoms with Crippen LogP contribution >= 0.6 is 0 Å². The third-order valence-electron chi connectivity index (χ3n) is 6.06. The maximum atomic E-state index is 12.0. The van der Waals surface area contributed by atoms with Crippen molar-refractivity contribution in [3.05, 3.63) is 11.6 Å². The minimum Gasteiger partial charge on any atom is -0.336 e. The van der Waals surface area contributed by atoms with E-state index in [4.69, 9.17) is 0 Å². The van der Waals surface area contributed by atoms with E-state index in [0.717, 1.165) is 24.9 Å². The fourth-order valence-electron chi connectivity index (χ4n) is 5.33. The van der Waals surface area contributed by atoms with Crippen LogP contribution in [0.1, 0.15) is 45.4 Å². The lowest BCUT2D eigenvalue weighted by Gasteiger charge is -2.54. The van der Waals surface area contributed by atoms with Gasteiger partial charge in [0.1, 0.15) is 0 Å². The van der Waals surface area contributed by atoms with E-state index in [0.29, 0.717) is 12.0 Å². The predicted molar refractivity (Wildman–Crippen MR) is 79.3 cm³/mol. The molecule has 4 atom stereocenters. The Morgan fingerprint density at radius 2 is 2.15 bits per heavy atom. The molecular formula is C17H26N2O. The van der Waals surface area contributed by atoms with Crippen LogP contribution in [-0.4, -0.2) is 47.4 Å². The highest BCUT2D eigenvalue weighted by molar-refractivity contribution is 5.74. The number of hydrogen-bond donors (Lipinski definition) is 0. The zero-order valence-corrected chi connectivity index (χ0v) is 12.6. The molecule has 3 nitrogen and oxygen atoms in total. The van der Waals surface area contributed by atoms with Gasteiger partial charge in [0.2, 0.25) is 5.91 Å². The number of piperidine rings is 3. The molecule has 4 aliphatic rings. The van der Waals surface area contributed by atoms with E-state index in [2.05, 4.69) is 15.9 Å². The minimum absolute atomic E-state index is 0.278. The summed E-state index contributed by atoms with van der Waals surface area (Å²) >= 11 is 0. The molecule has 3 fully saturated rings. The topological polar surface area (TPSA) is 23.6 Å². The van der Waals surface area contributed by atoms with Crippen molar-refractivity contribution in [2.24, 2.45) is 11.8 Å². The summed E-state index contributed by atoms with van der Waals surface area (Å²) in [6, 6.07) is 1.24. The molecule has 4 unspecified atom stereocenters. The normalized spacial score (nSPS) is 40.6. The quantitative estimate of drug-likeness (QED) is 0.633. The zero-order valence-electron chi connectivity index (χ0n) is 12.6. The molecule has 0 aromatic carbocycles. The number of amides is 1. The Labute approximate surface area is 122 Å². The molecule has 0 radical (unpaired) electrons. The summed E-state index contributed by atoms with van der Waals surface area (Å²) in [6.07, 6.45) is 10.5. The van der Waals surface area contributed by atoms with Crippen molar-refractivity contribution in [3.8, 4) is 0 Å². The monoisotopic (exact) mass is 274 g/mol. The van der Waals surface area contributed by atoms with Gasteiger partial charge in [-0.05, 0) is 50.5 Å². The van der Waals surface area contributed by atoms with E-state index in [-0.39, 0.29) is 5.91 Å². The third kappa shape index (κ3) is 1.93. The van der Waals surface area contributed by atoms with Crippen LogP contribution in [0.25, 0.3) is 0 Å². The van der Waals surface area contributed by atoms with Crippen molar-refractivity contribution in [1.29, 1.82) is 0 Å². The van der Waals surface area contributed by atoms with Gasteiger partial charge in [0, 0.05) is 26.1 Å². The SMILES string of the molecule is CC(=O)N1CCCC2=CC3CC(CN4CCCCC34)C21. The molecule has 0 N–H and O–H groups in total. The van der Waals surface area contributed by atoms with Crippen molar-refractivity contribution < 1.29 is 4.79 Å². The van der Waals surface area contributed by atoms with Crippen LogP contribution in [0.5, 0.6) is 0 Å². The van der Waals surface area contributed by atoms with Crippen molar-refractivity contribution in [2.75, 3.05) is 19.6 Å². The Bertz CT molecular complexity index is 444. The molecule has 0 saturated carbocycles. The number of carbonyl (C=O) groups excluding carboxylic acids is 1. The highest BCUT2D eigenvalue weighted by Crippen LogP contribution is 2.44. The van der Waals surface area contributed by atoms with Gasteiger partial charge < -0.3 is 4.90 Å². The number of nitrogens with zero attached hydrogens (tertiary/aromatic N) is 2. The Kier molecular flexibility index (Phi) is 3.13. The van der Waals surface area contributed by atoms with Crippen molar-refractivity contribution in [2.45, 2.75) is 57.5 Å². The third-order valence-corrected chi connectivity index (χ3v) is 6.06. The lowest BCUT2D eigenvalue weighted by atomic mass is 9.68. The smallest absolute Gasteiger partial charge is 0.219 e. The van der Waals surface area contributed by atoms with E-state index in [1.54, 1.807) is 12.5 Å². The molecule has 2 bridgehead atoms. The Morgan fingerprint density at radius 1 is 1.25 bits per heavy atom. The second-order valence-corrected chi connectivity index (χ2v) is 7.22. The Balaban J connectivity index is 1.66. The van der Waals surface area contributed by atoms with Gasteiger partial charge in [-0.15, -0.1) is 0 Å². The number of hydrogen-bond acceptors (Lipinski definition) is 2. The zero-order chi connectivity index (χ0) is 13.7. The van der Waals surface area contributed by atoms with Gasteiger partial charge in [0.05, 0.1) is 6.04 Å². The second-order valence-electron chi connectivity index (χ2n) is 7.22.